The van der Waals surface area contributed by atoms with E-state index in [0.717, 1.165) is 11.1 Å². The van der Waals surface area contributed by atoms with Gasteiger partial charge in [-0.1, -0.05) is 41.4 Å². The van der Waals surface area contributed by atoms with E-state index in [9.17, 15) is 14.7 Å². The summed E-state index contributed by atoms with van der Waals surface area (Å²) in [6.07, 6.45) is 4.75. The van der Waals surface area contributed by atoms with E-state index in [0.29, 0.717) is 27.6 Å². The van der Waals surface area contributed by atoms with Gasteiger partial charge in [0.15, 0.2) is 0 Å². The Bertz CT molecular complexity index is 1600. The normalized spacial score (nSPS) is 11.5. The van der Waals surface area contributed by atoms with Crippen molar-refractivity contribution in [2.24, 2.45) is 0 Å². The van der Waals surface area contributed by atoms with Gasteiger partial charge in [-0.05, 0) is 19.1 Å². The number of aromatic nitrogens is 5. The van der Waals surface area contributed by atoms with Crippen molar-refractivity contribution in [3.8, 4) is 11.3 Å². The molecule has 0 aliphatic heterocycles. The number of pyridine rings is 1. The molecule has 0 saturated carbocycles. The quantitative estimate of drug-likeness (QED) is 0.457. The maximum Gasteiger partial charge on any atom is 0.277 e. The summed E-state index contributed by atoms with van der Waals surface area (Å²) in [5.41, 5.74) is 3.47. The molecule has 32 heavy (non-hydrogen) atoms. The van der Waals surface area contributed by atoms with Crippen molar-refractivity contribution >= 4 is 22.8 Å². The van der Waals surface area contributed by atoms with Gasteiger partial charge in [-0.15, -0.1) is 0 Å². The van der Waals surface area contributed by atoms with Crippen molar-refractivity contribution in [1.29, 1.82) is 0 Å². The van der Waals surface area contributed by atoms with Gasteiger partial charge >= 0.3 is 0 Å². The van der Waals surface area contributed by atoms with Crippen LogP contribution in [0.25, 0.3) is 22.4 Å². The van der Waals surface area contributed by atoms with Gasteiger partial charge in [-0.3, -0.25) is 14.0 Å². The zero-order valence-corrected chi connectivity index (χ0v) is 17.8. The van der Waals surface area contributed by atoms with Gasteiger partial charge in [0.25, 0.3) is 11.1 Å². The molecule has 0 fully saturated rings. The zero-order chi connectivity index (χ0) is 22.4. The molecule has 0 radical (unpaired) electrons. The van der Waals surface area contributed by atoms with Crippen LogP contribution in [-0.2, 0) is 13.2 Å². The Balaban J connectivity index is 1.61. The van der Waals surface area contributed by atoms with Crippen LogP contribution in [0.1, 0.15) is 16.8 Å². The van der Waals surface area contributed by atoms with Crippen molar-refractivity contribution < 1.29 is 5.11 Å². The van der Waals surface area contributed by atoms with Crippen LogP contribution >= 0.6 is 11.6 Å². The fourth-order valence-electron chi connectivity index (χ4n) is 3.75. The van der Waals surface area contributed by atoms with Crippen LogP contribution in [0.5, 0.6) is 0 Å². The van der Waals surface area contributed by atoms with E-state index < -0.39 is 0 Å². The number of benzene rings is 1. The van der Waals surface area contributed by atoms with Crippen molar-refractivity contribution in [3.63, 3.8) is 0 Å². The van der Waals surface area contributed by atoms with Crippen LogP contribution in [0.2, 0.25) is 5.02 Å². The van der Waals surface area contributed by atoms with Crippen LogP contribution in [0.4, 0.5) is 0 Å². The van der Waals surface area contributed by atoms with E-state index in [2.05, 4.69) is 10.1 Å². The predicted molar refractivity (Wildman–Crippen MR) is 121 cm³/mol. The zero-order valence-electron chi connectivity index (χ0n) is 17.1. The summed E-state index contributed by atoms with van der Waals surface area (Å²) in [4.78, 5) is 30.2. The van der Waals surface area contributed by atoms with E-state index in [1.54, 1.807) is 24.5 Å². The number of aryl methyl sites for hydroxylation is 1. The summed E-state index contributed by atoms with van der Waals surface area (Å²) in [5, 5.41) is 15.0. The molecule has 8 nitrogen and oxygen atoms in total. The molecule has 160 valence electrons. The molecule has 4 aromatic heterocycles. The van der Waals surface area contributed by atoms with E-state index in [-0.39, 0.29) is 29.8 Å². The Morgan fingerprint density at radius 2 is 1.84 bits per heavy atom. The summed E-state index contributed by atoms with van der Waals surface area (Å²) in [6.45, 7) is 1.75. The summed E-state index contributed by atoms with van der Waals surface area (Å²) in [7, 11) is 0. The van der Waals surface area contributed by atoms with Crippen LogP contribution < -0.4 is 11.1 Å². The number of nitrogens with zero attached hydrogens (tertiary/aromatic N) is 5. The first kappa shape index (κ1) is 20.2. The lowest BCUT2D eigenvalue weighted by Crippen LogP contribution is -2.24. The van der Waals surface area contributed by atoms with E-state index >= 15 is 0 Å². The van der Waals surface area contributed by atoms with Gasteiger partial charge in [0, 0.05) is 35.8 Å². The Morgan fingerprint density at radius 3 is 2.59 bits per heavy atom. The summed E-state index contributed by atoms with van der Waals surface area (Å²) < 4.78 is 4.28. The SMILES string of the molecule is Cc1ccc(-c2nn3ccn(Cc4cc(=O)n5cc(Cl)ccc5n4)c(=O)c3c2CO)cc1. The first-order valence-corrected chi connectivity index (χ1v) is 10.3. The number of aliphatic hydroxyl groups is 1. The average molecular weight is 448 g/mol. The lowest BCUT2D eigenvalue weighted by Gasteiger charge is -2.08. The van der Waals surface area contributed by atoms with Crippen molar-refractivity contribution in [2.45, 2.75) is 20.1 Å². The number of fused-ring (bicyclic) bond motifs is 2. The van der Waals surface area contributed by atoms with E-state index in [1.807, 2.05) is 31.2 Å². The number of hydrogen-bond donors (Lipinski definition) is 1. The fourth-order valence-corrected chi connectivity index (χ4v) is 3.91. The largest absolute Gasteiger partial charge is 0.392 e. The molecule has 5 aromatic rings. The van der Waals surface area contributed by atoms with Gasteiger partial charge in [0.2, 0.25) is 0 Å². The second-order valence-corrected chi connectivity index (χ2v) is 7.97. The Labute approximate surface area is 186 Å². The third-order valence-corrected chi connectivity index (χ3v) is 5.58. The maximum atomic E-state index is 13.3. The minimum absolute atomic E-state index is 0.0968. The maximum absolute atomic E-state index is 13.3. The number of rotatable bonds is 4. The highest BCUT2D eigenvalue weighted by atomic mass is 35.5. The molecule has 9 heteroatoms. The third kappa shape index (κ3) is 3.39. The van der Waals surface area contributed by atoms with E-state index in [4.69, 9.17) is 11.6 Å². The summed E-state index contributed by atoms with van der Waals surface area (Å²) >= 11 is 5.96. The molecule has 0 atom stereocenters. The molecule has 5 rings (SSSR count). The highest BCUT2D eigenvalue weighted by Crippen LogP contribution is 2.25. The van der Waals surface area contributed by atoms with Gasteiger partial charge in [0.1, 0.15) is 11.2 Å². The minimum atomic E-state index is -0.333. The van der Waals surface area contributed by atoms with Gasteiger partial charge < -0.3 is 9.67 Å². The highest BCUT2D eigenvalue weighted by molar-refractivity contribution is 6.30. The van der Waals surface area contributed by atoms with Gasteiger partial charge in [-0.25, -0.2) is 9.50 Å². The molecule has 0 saturated heterocycles. The third-order valence-electron chi connectivity index (χ3n) is 5.35. The van der Waals surface area contributed by atoms with Gasteiger partial charge in [-0.2, -0.15) is 5.10 Å². The Morgan fingerprint density at radius 1 is 1.06 bits per heavy atom. The second-order valence-electron chi connectivity index (χ2n) is 7.54. The lowest BCUT2D eigenvalue weighted by molar-refractivity contribution is 0.283. The highest BCUT2D eigenvalue weighted by Gasteiger charge is 2.18. The molecule has 1 aromatic carbocycles. The fraction of sp³-hybridized carbons (Fsp3) is 0.130. The van der Waals surface area contributed by atoms with Crippen molar-refractivity contribution in [3.05, 3.63) is 104 Å². The molecular weight excluding hydrogens is 430 g/mol. The lowest BCUT2D eigenvalue weighted by atomic mass is 10.1. The first-order valence-electron chi connectivity index (χ1n) is 9.91. The standard InChI is InChI=1S/C23H18ClN5O3/c1-14-2-4-15(5-3-14)21-18(13-30)22-23(32)27(8-9-29(22)26-21)12-17-10-20(31)28-11-16(24)6-7-19(28)25-17/h2-11,30H,12-13H2,1H3. The van der Waals surface area contributed by atoms with Crippen molar-refractivity contribution in [1.82, 2.24) is 23.6 Å². The van der Waals surface area contributed by atoms with E-state index in [1.165, 1.54) is 25.7 Å². The molecule has 0 aliphatic rings. The van der Waals surface area contributed by atoms with Gasteiger partial charge in [0.05, 0.1) is 29.6 Å². The minimum Gasteiger partial charge on any atom is -0.392 e. The molecular formula is C23H18ClN5O3. The molecule has 0 bridgehead atoms. The molecule has 0 amide bonds. The monoisotopic (exact) mass is 447 g/mol. The summed E-state index contributed by atoms with van der Waals surface area (Å²) in [5.74, 6) is 0. The second kappa shape index (κ2) is 7.74. The smallest absolute Gasteiger partial charge is 0.277 e. The topological polar surface area (TPSA) is 93.9 Å². The van der Waals surface area contributed by atoms with Crippen LogP contribution in [0.3, 0.4) is 0 Å². The summed E-state index contributed by atoms with van der Waals surface area (Å²) in [6, 6.07) is 12.4. The molecule has 4 heterocycles. The van der Waals surface area contributed by atoms with Crippen LogP contribution in [0, 0.1) is 6.92 Å². The molecule has 0 unspecified atom stereocenters. The first-order chi connectivity index (χ1) is 15.4. The number of aliphatic hydroxyl groups excluding tert-OH is 1. The van der Waals surface area contributed by atoms with Crippen LogP contribution in [0.15, 0.2) is 70.6 Å². The number of hydrogen-bond acceptors (Lipinski definition) is 5. The molecule has 1 N–H and O–H groups in total. The van der Waals surface area contributed by atoms with Crippen molar-refractivity contribution in [2.75, 3.05) is 0 Å². The Hall–Kier alpha value is -3.75. The average Bonchev–Trinajstić information content (AvgIpc) is 3.16. The van der Waals surface area contributed by atoms with Crippen LogP contribution in [-0.4, -0.2) is 28.7 Å². The molecule has 0 aliphatic carbocycles. The molecule has 0 spiro atoms. The Kier molecular flexibility index (Phi) is 4.88. The predicted octanol–water partition coefficient (Wildman–Crippen LogP) is 2.67. The number of halogens is 1.